The quantitative estimate of drug-likeness (QED) is 0.551. The maximum atomic E-state index is 13.2. The molecule has 30 heavy (non-hydrogen) atoms. The van der Waals surface area contributed by atoms with E-state index in [1.165, 1.54) is 34.1 Å². The molecule has 4 rings (SSSR count). The maximum Gasteiger partial charge on any atom is 0.410 e. The largest absolute Gasteiger partial charge is 0.489 e. The molecular formula is C21H20F3N3O2S. The minimum absolute atomic E-state index is 0.0117. The third-order valence-electron chi connectivity index (χ3n) is 5.07. The molecule has 0 fully saturated rings. The van der Waals surface area contributed by atoms with E-state index in [9.17, 15) is 18.0 Å². The van der Waals surface area contributed by atoms with Gasteiger partial charge in [-0.25, -0.2) is 4.68 Å². The van der Waals surface area contributed by atoms with Gasteiger partial charge in [-0.3, -0.25) is 9.69 Å². The number of amides is 1. The smallest absolute Gasteiger partial charge is 0.410 e. The Morgan fingerprint density at radius 1 is 1.23 bits per heavy atom. The van der Waals surface area contributed by atoms with Gasteiger partial charge in [0, 0.05) is 18.2 Å². The van der Waals surface area contributed by atoms with E-state index in [0.717, 1.165) is 22.4 Å². The number of aromatic nitrogens is 2. The number of hydrogen-bond donors (Lipinski definition) is 0. The van der Waals surface area contributed by atoms with E-state index in [0.29, 0.717) is 11.5 Å². The Morgan fingerprint density at radius 3 is 2.70 bits per heavy atom. The van der Waals surface area contributed by atoms with E-state index in [2.05, 4.69) is 12.0 Å². The van der Waals surface area contributed by atoms with Crippen molar-refractivity contribution in [2.24, 2.45) is 0 Å². The molecule has 1 unspecified atom stereocenters. The summed E-state index contributed by atoms with van der Waals surface area (Å²) >= 11 is 1.25. The summed E-state index contributed by atoms with van der Waals surface area (Å²) in [6.07, 6.45) is -2.38. The van der Waals surface area contributed by atoms with Gasteiger partial charge in [-0.05, 0) is 42.0 Å². The lowest BCUT2D eigenvalue weighted by Gasteiger charge is -2.33. The molecule has 2 aromatic heterocycles. The third kappa shape index (κ3) is 4.07. The number of carbonyl (C=O) groups excluding carboxylic acids is 1. The zero-order valence-electron chi connectivity index (χ0n) is 16.2. The summed E-state index contributed by atoms with van der Waals surface area (Å²) in [5.41, 5.74) is 2.06. The van der Waals surface area contributed by atoms with Gasteiger partial charge in [0.1, 0.15) is 18.2 Å². The van der Waals surface area contributed by atoms with Crippen LogP contribution in [0.5, 0.6) is 5.75 Å². The Labute approximate surface area is 175 Å². The molecule has 0 bridgehead atoms. The highest BCUT2D eigenvalue weighted by Crippen LogP contribution is 2.39. The first-order valence-electron chi connectivity index (χ1n) is 9.58. The molecule has 1 atom stereocenters. The number of halogens is 3. The van der Waals surface area contributed by atoms with E-state index in [-0.39, 0.29) is 24.7 Å². The van der Waals surface area contributed by atoms with Crippen molar-refractivity contribution in [2.45, 2.75) is 38.6 Å². The summed E-state index contributed by atoms with van der Waals surface area (Å²) in [4.78, 5) is 14.8. The van der Waals surface area contributed by atoms with Gasteiger partial charge in [0.05, 0.1) is 11.1 Å². The van der Waals surface area contributed by atoms with E-state index in [4.69, 9.17) is 4.74 Å². The van der Waals surface area contributed by atoms with Gasteiger partial charge in [0.2, 0.25) is 0 Å². The average molecular weight is 435 g/mol. The molecule has 0 spiro atoms. The molecule has 0 saturated heterocycles. The molecule has 0 saturated carbocycles. The number of ether oxygens (including phenoxy) is 1. The van der Waals surface area contributed by atoms with E-state index >= 15 is 0 Å². The van der Waals surface area contributed by atoms with Crippen LogP contribution in [-0.2, 0) is 13.0 Å². The van der Waals surface area contributed by atoms with Gasteiger partial charge in [0.15, 0.2) is 6.04 Å². The summed E-state index contributed by atoms with van der Waals surface area (Å²) in [5, 5.41) is 5.62. The Hall–Kier alpha value is -2.81. The monoisotopic (exact) mass is 435 g/mol. The van der Waals surface area contributed by atoms with Crippen LogP contribution >= 0.6 is 11.3 Å². The molecule has 158 valence electrons. The molecule has 0 N–H and O–H groups in total. The lowest BCUT2D eigenvalue weighted by atomic mass is 10.1. The van der Waals surface area contributed by atoms with Gasteiger partial charge in [-0.1, -0.05) is 19.1 Å². The number of thiophene rings is 1. The van der Waals surface area contributed by atoms with Crippen LogP contribution < -0.4 is 9.64 Å². The molecule has 1 amide bonds. The van der Waals surface area contributed by atoms with Crippen molar-refractivity contribution < 1.29 is 22.7 Å². The second-order valence-corrected chi connectivity index (χ2v) is 7.95. The first kappa shape index (κ1) is 20.5. The fraction of sp³-hybridized carbons (Fsp3) is 0.333. The lowest BCUT2D eigenvalue weighted by Crippen LogP contribution is -2.42. The summed E-state index contributed by atoms with van der Waals surface area (Å²) < 4.78 is 46.4. The SMILES string of the molecule is CCc1ccc(OCc2csc(C(=O)N3CCC(C(F)(F)F)n4nccc43)c2)cc1. The van der Waals surface area contributed by atoms with Gasteiger partial charge < -0.3 is 4.74 Å². The fourth-order valence-electron chi connectivity index (χ4n) is 3.44. The molecule has 1 aliphatic heterocycles. The topological polar surface area (TPSA) is 47.4 Å². The minimum atomic E-state index is -4.40. The van der Waals surface area contributed by atoms with Crippen molar-refractivity contribution in [2.75, 3.05) is 11.4 Å². The van der Waals surface area contributed by atoms with Crippen LogP contribution in [0.15, 0.2) is 48.0 Å². The third-order valence-corrected chi connectivity index (χ3v) is 6.04. The second-order valence-electron chi connectivity index (χ2n) is 7.04. The fourth-order valence-corrected chi connectivity index (χ4v) is 4.29. The summed E-state index contributed by atoms with van der Waals surface area (Å²) in [6.45, 7) is 2.38. The van der Waals surface area contributed by atoms with Crippen LogP contribution in [-0.4, -0.2) is 28.4 Å². The zero-order valence-corrected chi connectivity index (χ0v) is 17.0. The number of aryl methyl sites for hydroxylation is 1. The van der Waals surface area contributed by atoms with Crippen LogP contribution in [0, 0.1) is 0 Å². The van der Waals surface area contributed by atoms with Gasteiger partial charge in [-0.15, -0.1) is 11.3 Å². The standard InChI is InChI=1S/C21H20F3N3O2S/c1-2-14-3-5-16(6-4-14)29-12-15-11-17(30-13-15)20(28)26-10-8-18(21(22,23)24)27-19(26)7-9-25-27/h3-7,9,11,13,18H,2,8,10,12H2,1H3. The van der Waals surface area contributed by atoms with E-state index in [1.54, 1.807) is 6.07 Å². The number of nitrogens with zero attached hydrogens (tertiary/aromatic N) is 3. The molecule has 9 heteroatoms. The summed E-state index contributed by atoms with van der Waals surface area (Å²) in [6, 6.07) is 9.28. The molecule has 0 radical (unpaired) electrons. The van der Waals surface area contributed by atoms with E-state index < -0.39 is 12.2 Å². The van der Waals surface area contributed by atoms with Crippen molar-refractivity contribution in [1.29, 1.82) is 0 Å². The number of fused-ring (bicyclic) bond motifs is 1. The van der Waals surface area contributed by atoms with Crippen LogP contribution in [0.25, 0.3) is 0 Å². The Kier molecular flexibility index (Phi) is 5.55. The van der Waals surface area contributed by atoms with Crippen molar-refractivity contribution in [3.05, 3.63) is 64.0 Å². The number of benzene rings is 1. The lowest BCUT2D eigenvalue weighted by molar-refractivity contribution is -0.172. The van der Waals surface area contributed by atoms with Crippen LogP contribution in [0.2, 0.25) is 0 Å². The molecule has 3 aromatic rings. The molecule has 1 aliphatic rings. The molecule has 0 aliphatic carbocycles. The molecule has 3 heterocycles. The zero-order chi connectivity index (χ0) is 21.3. The minimum Gasteiger partial charge on any atom is -0.489 e. The average Bonchev–Trinajstić information content (AvgIpc) is 3.40. The highest BCUT2D eigenvalue weighted by Gasteiger charge is 2.45. The highest BCUT2D eigenvalue weighted by atomic mass is 32.1. The van der Waals surface area contributed by atoms with Crippen molar-refractivity contribution in [3.63, 3.8) is 0 Å². The first-order chi connectivity index (χ1) is 14.4. The normalized spacial score (nSPS) is 16.4. The Morgan fingerprint density at radius 2 is 2.00 bits per heavy atom. The van der Waals surface area contributed by atoms with E-state index in [1.807, 2.05) is 29.6 Å². The predicted molar refractivity (Wildman–Crippen MR) is 108 cm³/mol. The molecule has 5 nitrogen and oxygen atoms in total. The second kappa shape index (κ2) is 8.14. The highest BCUT2D eigenvalue weighted by molar-refractivity contribution is 7.12. The Balaban J connectivity index is 1.45. The van der Waals surface area contributed by atoms with Gasteiger partial charge in [0.25, 0.3) is 5.91 Å². The number of anilines is 1. The maximum absolute atomic E-state index is 13.2. The molecular weight excluding hydrogens is 415 g/mol. The first-order valence-corrected chi connectivity index (χ1v) is 10.5. The number of hydrogen-bond acceptors (Lipinski definition) is 4. The van der Waals surface area contributed by atoms with Crippen molar-refractivity contribution in [1.82, 2.24) is 9.78 Å². The summed E-state index contributed by atoms with van der Waals surface area (Å²) in [7, 11) is 0. The molecule has 1 aromatic carbocycles. The van der Waals surface area contributed by atoms with Gasteiger partial charge >= 0.3 is 6.18 Å². The van der Waals surface area contributed by atoms with Crippen LogP contribution in [0.3, 0.4) is 0 Å². The van der Waals surface area contributed by atoms with Crippen molar-refractivity contribution in [3.8, 4) is 5.75 Å². The Bertz CT molecular complexity index is 1030. The van der Waals surface area contributed by atoms with Crippen LogP contribution in [0.1, 0.15) is 40.2 Å². The number of rotatable bonds is 5. The predicted octanol–water partition coefficient (Wildman–Crippen LogP) is 5.24. The van der Waals surface area contributed by atoms with Crippen molar-refractivity contribution >= 4 is 23.1 Å². The van der Waals surface area contributed by atoms with Gasteiger partial charge in [-0.2, -0.15) is 18.3 Å². The summed E-state index contributed by atoms with van der Waals surface area (Å²) in [5.74, 6) is 0.570. The van der Waals surface area contributed by atoms with Crippen LogP contribution in [0.4, 0.5) is 19.0 Å². The number of carbonyl (C=O) groups is 1. The number of alkyl halides is 3.